The van der Waals surface area contributed by atoms with Crippen LogP contribution in [0.1, 0.15) is 46.9 Å². The van der Waals surface area contributed by atoms with E-state index < -0.39 is 0 Å². The van der Waals surface area contributed by atoms with Gasteiger partial charge in [-0.2, -0.15) is 0 Å². The number of likely N-dealkylation sites (tertiary alicyclic amines) is 1. The summed E-state index contributed by atoms with van der Waals surface area (Å²) in [5.74, 6) is 0.0459. The largest absolute Gasteiger partial charge is 0.339 e. The predicted octanol–water partition coefficient (Wildman–Crippen LogP) is 3.84. The van der Waals surface area contributed by atoms with E-state index in [0.29, 0.717) is 22.7 Å². The summed E-state index contributed by atoms with van der Waals surface area (Å²) >= 11 is 1.47. The van der Waals surface area contributed by atoms with Crippen LogP contribution in [0.5, 0.6) is 0 Å². The van der Waals surface area contributed by atoms with Gasteiger partial charge < -0.3 is 9.80 Å². The van der Waals surface area contributed by atoms with Crippen LogP contribution in [-0.2, 0) is 0 Å². The van der Waals surface area contributed by atoms with Gasteiger partial charge >= 0.3 is 0 Å². The van der Waals surface area contributed by atoms with Crippen LogP contribution in [0.3, 0.4) is 0 Å². The van der Waals surface area contributed by atoms with Gasteiger partial charge in [0, 0.05) is 36.3 Å². The molecule has 1 saturated heterocycles. The van der Waals surface area contributed by atoms with Gasteiger partial charge in [-0.1, -0.05) is 18.7 Å². The molecular formula is C20H21N3O2S. The third-order valence-electron chi connectivity index (χ3n) is 4.79. The highest BCUT2D eigenvalue weighted by atomic mass is 32.2. The molecule has 26 heavy (non-hydrogen) atoms. The number of nitrogens with zero attached hydrogens (tertiary/aromatic N) is 3. The van der Waals surface area contributed by atoms with Crippen LogP contribution >= 0.6 is 11.8 Å². The molecule has 0 atom stereocenters. The summed E-state index contributed by atoms with van der Waals surface area (Å²) in [6.07, 6.45) is 4.70. The summed E-state index contributed by atoms with van der Waals surface area (Å²) in [6, 6.07) is 9.28. The molecule has 0 aliphatic carbocycles. The molecule has 2 aliphatic heterocycles. The summed E-state index contributed by atoms with van der Waals surface area (Å²) in [7, 11) is 0. The van der Waals surface area contributed by atoms with E-state index in [1.54, 1.807) is 17.2 Å². The Balaban J connectivity index is 1.77. The molecule has 2 aromatic rings. The number of aromatic nitrogens is 1. The number of carbonyl (C=O) groups is 2. The summed E-state index contributed by atoms with van der Waals surface area (Å²) in [5.41, 5.74) is 2.16. The van der Waals surface area contributed by atoms with Crippen molar-refractivity contribution in [3.8, 4) is 0 Å². The Morgan fingerprint density at radius 1 is 1.23 bits per heavy atom. The van der Waals surface area contributed by atoms with Crippen LogP contribution in [0.4, 0.5) is 5.69 Å². The van der Waals surface area contributed by atoms with Gasteiger partial charge in [-0.3, -0.25) is 9.59 Å². The van der Waals surface area contributed by atoms with Crippen LogP contribution in [0.15, 0.2) is 46.5 Å². The Morgan fingerprint density at radius 3 is 2.81 bits per heavy atom. The summed E-state index contributed by atoms with van der Waals surface area (Å²) in [4.78, 5) is 34.8. The zero-order valence-corrected chi connectivity index (χ0v) is 15.6. The summed E-state index contributed by atoms with van der Waals surface area (Å²) < 4.78 is 0. The molecule has 3 heterocycles. The fraction of sp³-hybridized carbons (Fsp3) is 0.350. The smallest absolute Gasteiger partial charge is 0.261 e. The van der Waals surface area contributed by atoms with Crippen molar-refractivity contribution in [1.29, 1.82) is 0 Å². The van der Waals surface area contributed by atoms with Crippen molar-refractivity contribution in [2.75, 3.05) is 24.5 Å². The zero-order chi connectivity index (χ0) is 18.1. The first-order valence-corrected chi connectivity index (χ1v) is 9.88. The Kier molecular flexibility index (Phi) is 4.68. The number of benzene rings is 1. The molecule has 0 bridgehead atoms. The minimum atomic E-state index is -0.0279. The van der Waals surface area contributed by atoms with Crippen molar-refractivity contribution in [2.45, 2.75) is 36.1 Å². The van der Waals surface area contributed by atoms with Gasteiger partial charge in [-0.15, -0.1) is 0 Å². The SMILES string of the molecule is CCCN1C(=O)c2cccnc2Sc2cc(C(=O)N3CCCC3)ccc21. The molecule has 5 nitrogen and oxygen atoms in total. The zero-order valence-electron chi connectivity index (χ0n) is 14.8. The van der Waals surface area contributed by atoms with E-state index in [4.69, 9.17) is 0 Å². The number of carbonyl (C=O) groups excluding carboxylic acids is 2. The highest BCUT2D eigenvalue weighted by molar-refractivity contribution is 7.99. The first kappa shape index (κ1) is 17.1. The molecule has 1 aromatic heterocycles. The Labute approximate surface area is 157 Å². The van der Waals surface area contributed by atoms with Gasteiger partial charge in [-0.25, -0.2) is 4.98 Å². The van der Waals surface area contributed by atoms with Gasteiger partial charge in [0.1, 0.15) is 5.03 Å². The highest BCUT2D eigenvalue weighted by Crippen LogP contribution is 2.41. The molecule has 0 spiro atoms. The standard InChI is InChI=1S/C20H21N3O2S/c1-2-10-23-16-8-7-14(19(24)22-11-3-4-12-22)13-17(16)26-18-15(20(23)25)6-5-9-21-18/h5-9,13H,2-4,10-12H2,1H3. The lowest BCUT2D eigenvalue weighted by atomic mass is 10.1. The van der Waals surface area contributed by atoms with Gasteiger partial charge in [0.25, 0.3) is 11.8 Å². The summed E-state index contributed by atoms with van der Waals surface area (Å²) in [6.45, 7) is 4.35. The van der Waals surface area contributed by atoms with E-state index in [1.165, 1.54) is 11.8 Å². The molecule has 134 valence electrons. The van der Waals surface area contributed by atoms with Crippen molar-refractivity contribution in [3.63, 3.8) is 0 Å². The van der Waals surface area contributed by atoms with Crippen molar-refractivity contribution >= 4 is 29.3 Å². The average Bonchev–Trinajstić information content (AvgIpc) is 3.17. The molecule has 6 heteroatoms. The molecule has 0 unspecified atom stereocenters. The number of hydrogen-bond donors (Lipinski definition) is 0. The Bertz CT molecular complexity index is 862. The monoisotopic (exact) mass is 367 g/mol. The average molecular weight is 367 g/mol. The maximum atomic E-state index is 13.0. The highest BCUT2D eigenvalue weighted by Gasteiger charge is 2.29. The topological polar surface area (TPSA) is 53.5 Å². The number of amides is 2. The van der Waals surface area contributed by atoms with Gasteiger partial charge in [0.2, 0.25) is 0 Å². The van der Waals surface area contributed by atoms with Crippen LogP contribution in [0, 0.1) is 0 Å². The van der Waals surface area contributed by atoms with Crippen LogP contribution < -0.4 is 4.90 Å². The first-order chi connectivity index (χ1) is 12.7. The van der Waals surface area contributed by atoms with Gasteiger partial charge in [-0.05, 0) is 49.6 Å². The third-order valence-corrected chi connectivity index (χ3v) is 5.86. The second kappa shape index (κ2) is 7.11. The Hall–Kier alpha value is -2.34. The van der Waals surface area contributed by atoms with E-state index in [2.05, 4.69) is 11.9 Å². The minimum Gasteiger partial charge on any atom is -0.339 e. The summed E-state index contributed by atoms with van der Waals surface area (Å²) in [5, 5.41) is 0.697. The lowest BCUT2D eigenvalue weighted by Gasteiger charge is -2.23. The van der Waals surface area contributed by atoms with Crippen molar-refractivity contribution < 1.29 is 9.59 Å². The number of anilines is 1. The van der Waals surface area contributed by atoms with E-state index >= 15 is 0 Å². The van der Waals surface area contributed by atoms with Crippen LogP contribution in [-0.4, -0.2) is 41.3 Å². The quantitative estimate of drug-likeness (QED) is 0.827. The maximum absolute atomic E-state index is 13.0. The minimum absolute atomic E-state index is 0.0279. The van der Waals surface area contributed by atoms with E-state index in [-0.39, 0.29) is 11.8 Å². The lowest BCUT2D eigenvalue weighted by molar-refractivity contribution is 0.0792. The third kappa shape index (κ3) is 2.98. The molecule has 1 aromatic carbocycles. The predicted molar refractivity (Wildman–Crippen MR) is 102 cm³/mol. The van der Waals surface area contributed by atoms with Crippen molar-refractivity contribution in [2.24, 2.45) is 0 Å². The number of fused-ring (bicyclic) bond motifs is 2. The van der Waals surface area contributed by atoms with Gasteiger partial charge in [0.05, 0.1) is 11.3 Å². The van der Waals surface area contributed by atoms with E-state index in [9.17, 15) is 9.59 Å². The molecule has 1 fully saturated rings. The van der Waals surface area contributed by atoms with E-state index in [1.807, 2.05) is 29.2 Å². The molecule has 2 amide bonds. The second-order valence-corrected chi connectivity index (χ2v) is 7.63. The fourth-order valence-electron chi connectivity index (χ4n) is 3.49. The van der Waals surface area contributed by atoms with Crippen LogP contribution in [0.25, 0.3) is 0 Å². The van der Waals surface area contributed by atoms with Crippen molar-refractivity contribution in [1.82, 2.24) is 9.88 Å². The number of hydrogen-bond acceptors (Lipinski definition) is 4. The molecule has 2 aliphatic rings. The molecular weight excluding hydrogens is 346 g/mol. The van der Waals surface area contributed by atoms with E-state index in [0.717, 1.165) is 42.9 Å². The van der Waals surface area contributed by atoms with Crippen LogP contribution in [0.2, 0.25) is 0 Å². The molecule has 4 rings (SSSR count). The Morgan fingerprint density at radius 2 is 2.04 bits per heavy atom. The normalized spacial score (nSPS) is 16.3. The molecule has 0 radical (unpaired) electrons. The fourth-order valence-corrected chi connectivity index (χ4v) is 4.55. The maximum Gasteiger partial charge on any atom is 0.261 e. The van der Waals surface area contributed by atoms with Gasteiger partial charge in [0.15, 0.2) is 0 Å². The number of pyridine rings is 1. The first-order valence-electron chi connectivity index (χ1n) is 9.07. The lowest BCUT2D eigenvalue weighted by Crippen LogP contribution is -2.32. The number of rotatable bonds is 3. The second-order valence-electron chi connectivity index (χ2n) is 6.60. The molecule has 0 saturated carbocycles. The molecule has 0 N–H and O–H groups in total. The van der Waals surface area contributed by atoms with Crippen molar-refractivity contribution in [3.05, 3.63) is 47.7 Å².